The van der Waals surface area contributed by atoms with E-state index in [1.165, 1.54) is 12.0 Å². The fourth-order valence-electron chi connectivity index (χ4n) is 2.90. The summed E-state index contributed by atoms with van der Waals surface area (Å²) in [5.41, 5.74) is 9.58. The highest BCUT2D eigenvalue weighted by Crippen LogP contribution is 2.47. The third-order valence-corrected chi connectivity index (χ3v) is 4.55. The van der Waals surface area contributed by atoms with Gasteiger partial charge < -0.3 is 10.7 Å². The zero-order chi connectivity index (χ0) is 12.0. The molecule has 2 aromatic rings. The van der Waals surface area contributed by atoms with Crippen LogP contribution in [0.4, 0.5) is 0 Å². The minimum Gasteiger partial charge on any atom is -0.359 e. The van der Waals surface area contributed by atoms with Crippen LogP contribution < -0.4 is 5.73 Å². The summed E-state index contributed by atoms with van der Waals surface area (Å²) in [7, 11) is 0. The third kappa shape index (κ3) is 1.51. The van der Waals surface area contributed by atoms with Crippen LogP contribution in [-0.4, -0.2) is 11.5 Å². The number of aryl methyl sites for hydroxylation is 1. The number of nitrogens with one attached hydrogen (secondary N) is 1. The SMILES string of the molecule is Cc1cc2c(Cl)c(C3(CN)CCC3)ccc2[nH]1. The molecule has 1 aliphatic rings. The first-order chi connectivity index (χ1) is 8.16. The van der Waals surface area contributed by atoms with Crippen LogP contribution in [0.1, 0.15) is 30.5 Å². The monoisotopic (exact) mass is 248 g/mol. The molecule has 3 rings (SSSR count). The topological polar surface area (TPSA) is 41.8 Å². The van der Waals surface area contributed by atoms with Gasteiger partial charge in [-0.05, 0) is 37.5 Å². The fraction of sp³-hybridized carbons (Fsp3) is 0.429. The molecule has 1 fully saturated rings. The lowest BCUT2D eigenvalue weighted by Gasteiger charge is -2.42. The normalized spacial score (nSPS) is 18.3. The van der Waals surface area contributed by atoms with Gasteiger partial charge in [0.25, 0.3) is 0 Å². The molecule has 1 aliphatic carbocycles. The summed E-state index contributed by atoms with van der Waals surface area (Å²) in [5, 5.41) is 2.01. The number of aromatic amines is 1. The fourth-order valence-corrected chi connectivity index (χ4v) is 3.32. The van der Waals surface area contributed by atoms with Gasteiger partial charge >= 0.3 is 0 Å². The molecule has 1 heterocycles. The van der Waals surface area contributed by atoms with Crippen LogP contribution in [-0.2, 0) is 5.41 Å². The van der Waals surface area contributed by atoms with E-state index >= 15 is 0 Å². The summed E-state index contributed by atoms with van der Waals surface area (Å²) in [6.45, 7) is 2.75. The summed E-state index contributed by atoms with van der Waals surface area (Å²) >= 11 is 6.56. The first-order valence-electron chi connectivity index (χ1n) is 6.15. The molecule has 0 amide bonds. The highest BCUT2D eigenvalue weighted by atomic mass is 35.5. The number of nitrogens with two attached hydrogens (primary N) is 1. The predicted octanol–water partition coefficient (Wildman–Crippen LogP) is 3.51. The molecule has 1 saturated carbocycles. The standard InChI is InChI=1S/C14H17ClN2/c1-9-7-10-12(17-9)4-3-11(13(10)15)14(8-16)5-2-6-14/h3-4,7,17H,2,5-6,8,16H2,1H3. The molecule has 1 aromatic heterocycles. The smallest absolute Gasteiger partial charge is 0.0538 e. The van der Waals surface area contributed by atoms with E-state index in [-0.39, 0.29) is 5.41 Å². The molecule has 17 heavy (non-hydrogen) atoms. The van der Waals surface area contributed by atoms with Crippen LogP contribution in [0.15, 0.2) is 18.2 Å². The summed E-state index contributed by atoms with van der Waals surface area (Å²) in [5.74, 6) is 0. The van der Waals surface area contributed by atoms with E-state index in [4.69, 9.17) is 17.3 Å². The zero-order valence-corrected chi connectivity index (χ0v) is 10.8. The maximum Gasteiger partial charge on any atom is 0.0538 e. The molecule has 0 atom stereocenters. The average molecular weight is 249 g/mol. The van der Waals surface area contributed by atoms with Gasteiger partial charge in [-0.2, -0.15) is 0 Å². The Labute approximate surface area is 106 Å². The molecule has 0 aliphatic heterocycles. The van der Waals surface area contributed by atoms with E-state index in [0.29, 0.717) is 6.54 Å². The molecule has 0 saturated heterocycles. The average Bonchev–Trinajstić information content (AvgIpc) is 2.62. The number of hydrogen-bond donors (Lipinski definition) is 2. The Hall–Kier alpha value is -0.990. The van der Waals surface area contributed by atoms with Gasteiger partial charge in [-0.25, -0.2) is 0 Å². The molecule has 90 valence electrons. The summed E-state index contributed by atoms with van der Waals surface area (Å²) in [4.78, 5) is 3.32. The Morgan fingerprint density at radius 1 is 1.41 bits per heavy atom. The lowest BCUT2D eigenvalue weighted by Crippen LogP contribution is -2.41. The van der Waals surface area contributed by atoms with Crippen molar-refractivity contribution in [1.29, 1.82) is 0 Å². The molecule has 3 heteroatoms. The van der Waals surface area contributed by atoms with Crippen molar-refractivity contribution in [1.82, 2.24) is 4.98 Å². The number of halogens is 1. The van der Waals surface area contributed by atoms with Crippen LogP contribution >= 0.6 is 11.6 Å². The van der Waals surface area contributed by atoms with Gasteiger partial charge in [-0.1, -0.05) is 24.1 Å². The summed E-state index contributed by atoms with van der Waals surface area (Å²) in [6.07, 6.45) is 3.59. The van der Waals surface area contributed by atoms with Gasteiger partial charge in [-0.15, -0.1) is 0 Å². The van der Waals surface area contributed by atoms with Gasteiger partial charge in [0, 0.05) is 28.6 Å². The number of hydrogen-bond acceptors (Lipinski definition) is 1. The number of benzene rings is 1. The van der Waals surface area contributed by atoms with Crippen LogP contribution in [0.5, 0.6) is 0 Å². The Bertz CT molecular complexity index is 561. The van der Waals surface area contributed by atoms with E-state index in [1.54, 1.807) is 0 Å². The summed E-state index contributed by atoms with van der Waals surface area (Å²) < 4.78 is 0. The second-order valence-electron chi connectivity index (χ2n) is 5.18. The number of rotatable bonds is 2. The van der Waals surface area contributed by atoms with E-state index in [9.17, 15) is 0 Å². The van der Waals surface area contributed by atoms with Crippen molar-refractivity contribution in [3.05, 3.63) is 34.5 Å². The Morgan fingerprint density at radius 2 is 2.18 bits per heavy atom. The largest absolute Gasteiger partial charge is 0.359 e. The molecule has 0 spiro atoms. The zero-order valence-electron chi connectivity index (χ0n) is 10.0. The van der Waals surface area contributed by atoms with Crippen molar-refractivity contribution in [2.75, 3.05) is 6.54 Å². The summed E-state index contributed by atoms with van der Waals surface area (Å²) in [6, 6.07) is 6.38. The lowest BCUT2D eigenvalue weighted by atomic mass is 9.64. The second-order valence-corrected chi connectivity index (χ2v) is 5.56. The highest BCUT2D eigenvalue weighted by Gasteiger charge is 2.39. The number of fused-ring (bicyclic) bond motifs is 1. The van der Waals surface area contributed by atoms with Gasteiger partial charge in [0.1, 0.15) is 0 Å². The van der Waals surface area contributed by atoms with Gasteiger partial charge in [0.2, 0.25) is 0 Å². The van der Waals surface area contributed by atoms with Crippen LogP contribution in [0.3, 0.4) is 0 Å². The molecule has 0 bridgehead atoms. The van der Waals surface area contributed by atoms with Crippen LogP contribution in [0.25, 0.3) is 10.9 Å². The second kappa shape index (κ2) is 3.76. The minimum absolute atomic E-state index is 0.135. The number of aromatic nitrogens is 1. The Kier molecular flexibility index (Phi) is 2.46. The maximum atomic E-state index is 6.56. The molecular weight excluding hydrogens is 232 g/mol. The van der Waals surface area contributed by atoms with E-state index in [0.717, 1.165) is 34.5 Å². The van der Waals surface area contributed by atoms with Crippen molar-refractivity contribution >= 4 is 22.5 Å². The van der Waals surface area contributed by atoms with Crippen molar-refractivity contribution < 1.29 is 0 Å². The van der Waals surface area contributed by atoms with Crippen LogP contribution in [0, 0.1) is 6.92 Å². The van der Waals surface area contributed by atoms with Gasteiger partial charge in [0.05, 0.1) is 5.02 Å². The van der Waals surface area contributed by atoms with Crippen molar-refractivity contribution in [3.8, 4) is 0 Å². The molecule has 1 aromatic carbocycles. The highest BCUT2D eigenvalue weighted by molar-refractivity contribution is 6.36. The Balaban J connectivity index is 2.20. The van der Waals surface area contributed by atoms with Crippen molar-refractivity contribution in [2.24, 2.45) is 5.73 Å². The van der Waals surface area contributed by atoms with Gasteiger partial charge in [0.15, 0.2) is 0 Å². The molecular formula is C14H17ClN2. The molecule has 0 unspecified atom stereocenters. The predicted molar refractivity (Wildman–Crippen MR) is 72.6 cm³/mol. The quantitative estimate of drug-likeness (QED) is 0.839. The van der Waals surface area contributed by atoms with Gasteiger partial charge in [-0.3, -0.25) is 0 Å². The maximum absolute atomic E-state index is 6.56. The first-order valence-corrected chi connectivity index (χ1v) is 6.52. The van der Waals surface area contributed by atoms with Crippen LogP contribution in [0.2, 0.25) is 5.02 Å². The van der Waals surface area contributed by atoms with E-state index in [1.807, 2.05) is 0 Å². The number of H-pyrrole nitrogens is 1. The molecule has 3 N–H and O–H groups in total. The Morgan fingerprint density at radius 3 is 2.76 bits per heavy atom. The van der Waals surface area contributed by atoms with E-state index < -0.39 is 0 Å². The van der Waals surface area contributed by atoms with Crippen molar-refractivity contribution in [3.63, 3.8) is 0 Å². The van der Waals surface area contributed by atoms with Crippen molar-refractivity contribution in [2.45, 2.75) is 31.6 Å². The third-order valence-electron chi connectivity index (χ3n) is 4.15. The van der Waals surface area contributed by atoms with E-state index in [2.05, 4.69) is 30.1 Å². The minimum atomic E-state index is 0.135. The molecule has 0 radical (unpaired) electrons. The lowest BCUT2D eigenvalue weighted by molar-refractivity contribution is 0.253. The first kappa shape index (κ1) is 11.1. The molecule has 2 nitrogen and oxygen atoms in total.